The molecule has 0 aromatic heterocycles. The van der Waals surface area contributed by atoms with Crippen LogP contribution in [0.15, 0.2) is 48.5 Å². The van der Waals surface area contributed by atoms with Crippen molar-refractivity contribution in [2.75, 3.05) is 13.7 Å². The average molecular weight is 296 g/mol. The van der Waals surface area contributed by atoms with Gasteiger partial charge in [0.2, 0.25) is 0 Å². The Bertz CT molecular complexity index is 593. The van der Waals surface area contributed by atoms with E-state index in [2.05, 4.69) is 48.5 Å². The third kappa shape index (κ3) is 2.70. The Morgan fingerprint density at radius 2 is 1.32 bits per heavy atom. The van der Waals surface area contributed by atoms with Crippen LogP contribution in [0.4, 0.5) is 0 Å². The molecule has 1 aliphatic rings. The summed E-state index contributed by atoms with van der Waals surface area (Å²) in [4.78, 5) is 0. The Morgan fingerprint density at radius 3 is 1.77 bits per heavy atom. The van der Waals surface area contributed by atoms with Gasteiger partial charge >= 0.3 is 0 Å². The van der Waals surface area contributed by atoms with Crippen molar-refractivity contribution < 1.29 is 9.47 Å². The Hall–Kier alpha value is -1.96. The van der Waals surface area contributed by atoms with Gasteiger partial charge in [0.1, 0.15) is 11.5 Å². The van der Waals surface area contributed by atoms with Crippen molar-refractivity contribution in [2.24, 2.45) is 0 Å². The van der Waals surface area contributed by atoms with Crippen LogP contribution in [0.25, 0.3) is 0 Å². The lowest BCUT2D eigenvalue weighted by Gasteiger charge is -2.31. The fraction of sp³-hybridized carbons (Fsp3) is 0.400. The van der Waals surface area contributed by atoms with Gasteiger partial charge < -0.3 is 9.47 Å². The Balaban J connectivity index is 1.96. The van der Waals surface area contributed by atoms with Crippen LogP contribution in [0.2, 0.25) is 0 Å². The van der Waals surface area contributed by atoms with E-state index in [1.165, 1.54) is 36.8 Å². The highest BCUT2D eigenvalue weighted by Gasteiger charge is 2.37. The van der Waals surface area contributed by atoms with Crippen LogP contribution < -0.4 is 9.47 Å². The summed E-state index contributed by atoms with van der Waals surface area (Å²) in [6.45, 7) is 2.73. The molecule has 22 heavy (non-hydrogen) atoms. The van der Waals surface area contributed by atoms with Crippen LogP contribution in [-0.4, -0.2) is 13.7 Å². The van der Waals surface area contributed by atoms with Gasteiger partial charge in [-0.3, -0.25) is 0 Å². The van der Waals surface area contributed by atoms with Crippen molar-refractivity contribution in [3.8, 4) is 11.5 Å². The topological polar surface area (TPSA) is 18.5 Å². The highest BCUT2D eigenvalue weighted by molar-refractivity contribution is 5.44. The first-order valence-electron chi connectivity index (χ1n) is 8.16. The van der Waals surface area contributed by atoms with E-state index in [-0.39, 0.29) is 5.41 Å². The molecular formula is C20H24O2. The number of ether oxygens (including phenoxy) is 2. The van der Waals surface area contributed by atoms with E-state index < -0.39 is 0 Å². The van der Waals surface area contributed by atoms with Gasteiger partial charge in [0.25, 0.3) is 0 Å². The molecule has 0 aliphatic heterocycles. The second-order valence-corrected chi connectivity index (χ2v) is 5.98. The largest absolute Gasteiger partial charge is 0.497 e. The van der Waals surface area contributed by atoms with Crippen molar-refractivity contribution in [2.45, 2.75) is 38.0 Å². The molecule has 116 valence electrons. The fourth-order valence-electron chi connectivity index (χ4n) is 3.67. The molecule has 0 spiro atoms. The lowest BCUT2D eigenvalue weighted by Crippen LogP contribution is -2.23. The zero-order valence-corrected chi connectivity index (χ0v) is 13.5. The highest BCUT2D eigenvalue weighted by atomic mass is 16.5. The SMILES string of the molecule is CCOc1ccc(C2(c3ccc(OC)cc3)CCCC2)cc1. The third-order valence-electron chi connectivity index (χ3n) is 4.82. The maximum atomic E-state index is 5.58. The predicted molar refractivity (Wildman–Crippen MR) is 89.9 cm³/mol. The molecule has 0 bridgehead atoms. The molecule has 1 fully saturated rings. The first kappa shape index (κ1) is 15.0. The lowest BCUT2D eigenvalue weighted by atomic mass is 9.73. The fourth-order valence-corrected chi connectivity index (χ4v) is 3.67. The molecule has 1 aliphatic carbocycles. The van der Waals surface area contributed by atoms with Gasteiger partial charge in [-0.05, 0) is 55.2 Å². The Morgan fingerprint density at radius 1 is 0.818 bits per heavy atom. The highest BCUT2D eigenvalue weighted by Crippen LogP contribution is 2.46. The summed E-state index contributed by atoms with van der Waals surface area (Å²) in [6.07, 6.45) is 5.01. The predicted octanol–water partition coefficient (Wildman–Crippen LogP) is 4.95. The maximum Gasteiger partial charge on any atom is 0.119 e. The van der Waals surface area contributed by atoms with Gasteiger partial charge in [-0.15, -0.1) is 0 Å². The minimum Gasteiger partial charge on any atom is -0.497 e. The van der Waals surface area contributed by atoms with Crippen LogP contribution in [0, 0.1) is 0 Å². The number of methoxy groups -OCH3 is 1. The first-order chi connectivity index (χ1) is 10.8. The molecule has 0 radical (unpaired) electrons. The zero-order valence-electron chi connectivity index (χ0n) is 13.5. The molecule has 2 nitrogen and oxygen atoms in total. The van der Waals surface area contributed by atoms with Gasteiger partial charge in [0.15, 0.2) is 0 Å². The van der Waals surface area contributed by atoms with Crippen LogP contribution in [0.5, 0.6) is 11.5 Å². The third-order valence-corrected chi connectivity index (χ3v) is 4.82. The molecule has 0 atom stereocenters. The smallest absolute Gasteiger partial charge is 0.119 e. The number of benzene rings is 2. The molecule has 1 saturated carbocycles. The molecule has 2 aromatic rings. The summed E-state index contributed by atoms with van der Waals surface area (Å²) < 4.78 is 10.9. The van der Waals surface area contributed by atoms with Gasteiger partial charge in [-0.2, -0.15) is 0 Å². The van der Waals surface area contributed by atoms with Crippen LogP contribution in [0.3, 0.4) is 0 Å². The molecule has 0 unspecified atom stereocenters. The lowest BCUT2D eigenvalue weighted by molar-refractivity contribution is 0.340. The monoisotopic (exact) mass is 296 g/mol. The summed E-state index contributed by atoms with van der Waals surface area (Å²) in [5, 5.41) is 0. The molecule has 2 aromatic carbocycles. The van der Waals surface area contributed by atoms with E-state index in [0.717, 1.165) is 11.5 Å². The second kappa shape index (κ2) is 6.43. The minimum atomic E-state index is 0.150. The van der Waals surface area contributed by atoms with Crippen LogP contribution >= 0.6 is 0 Å². The van der Waals surface area contributed by atoms with E-state index in [0.29, 0.717) is 6.61 Å². The van der Waals surface area contributed by atoms with E-state index >= 15 is 0 Å². The van der Waals surface area contributed by atoms with Crippen molar-refractivity contribution in [1.82, 2.24) is 0 Å². The molecule has 0 heterocycles. The average Bonchev–Trinajstić information content (AvgIpc) is 3.07. The van der Waals surface area contributed by atoms with E-state index in [1.54, 1.807) is 7.11 Å². The van der Waals surface area contributed by atoms with E-state index in [1.807, 2.05) is 6.92 Å². The zero-order chi connectivity index (χ0) is 15.4. The van der Waals surface area contributed by atoms with Crippen molar-refractivity contribution >= 4 is 0 Å². The second-order valence-electron chi connectivity index (χ2n) is 5.98. The van der Waals surface area contributed by atoms with E-state index in [4.69, 9.17) is 9.47 Å². The number of rotatable bonds is 5. The molecule has 3 rings (SSSR count). The number of hydrogen-bond donors (Lipinski definition) is 0. The van der Waals surface area contributed by atoms with E-state index in [9.17, 15) is 0 Å². The van der Waals surface area contributed by atoms with Crippen LogP contribution in [0.1, 0.15) is 43.7 Å². The van der Waals surface area contributed by atoms with Gasteiger partial charge in [0, 0.05) is 5.41 Å². The first-order valence-corrected chi connectivity index (χ1v) is 8.16. The quantitative estimate of drug-likeness (QED) is 0.777. The van der Waals surface area contributed by atoms with Crippen molar-refractivity contribution in [3.05, 3.63) is 59.7 Å². The normalized spacial score (nSPS) is 16.5. The Kier molecular flexibility index (Phi) is 4.37. The van der Waals surface area contributed by atoms with Gasteiger partial charge in [0.05, 0.1) is 13.7 Å². The van der Waals surface area contributed by atoms with Crippen molar-refractivity contribution in [3.63, 3.8) is 0 Å². The summed E-state index contributed by atoms with van der Waals surface area (Å²) in [7, 11) is 1.72. The van der Waals surface area contributed by atoms with Gasteiger partial charge in [-0.25, -0.2) is 0 Å². The number of hydrogen-bond acceptors (Lipinski definition) is 2. The van der Waals surface area contributed by atoms with Crippen molar-refractivity contribution in [1.29, 1.82) is 0 Å². The summed E-state index contributed by atoms with van der Waals surface area (Å²) in [6, 6.07) is 17.3. The molecular weight excluding hydrogens is 272 g/mol. The molecule has 0 N–H and O–H groups in total. The standard InChI is InChI=1S/C20H24O2/c1-3-22-19-12-8-17(9-13-19)20(14-4-5-15-20)16-6-10-18(21-2)11-7-16/h6-13H,3-5,14-15H2,1-2H3. The summed E-state index contributed by atoms with van der Waals surface area (Å²) in [5.41, 5.74) is 2.95. The Labute approximate surface area is 133 Å². The van der Waals surface area contributed by atoms with Gasteiger partial charge in [-0.1, -0.05) is 37.1 Å². The van der Waals surface area contributed by atoms with Crippen LogP contribution in [-0.2, 0) is 5.41 Å². The minimum absolute atomic E-state index is 0.150. The maximum absolute atomic E-state index is 5.58. The molecule has 2 heteroatoms. The molecule has 0 saturated heterocycles. The summed E-state index contributed by atoms with van der Waals surface area (Å²) >= 11 is 0. The molecule has 0 amide bonds. The summed E-state index contributed by atoms with van der Waals surface area (Å²) in [5.74, 6) is 1.87.